The Bertz CT molecular complexity index is 485. The minimum Gasteiger partial charge on any atom is -0.466 e. The molecular weight excluding hydrogens is 330 g/mol. The highest BCUT2D eigenvalue weighted by atomic mass is 79.9. The van der Waals surface area contributed by atoms with Gasteiger partial charge in [0.2, 0.25) is 0 Å². The standard InChI is InChI=1S/C17H24BrNO2/c1-3-21-16(20)13-17(2,19-11-7-4-8-12-19)14-9-5-6-10-15(14)18/h5-6,9-10H,3-4,7-8,11-13H2,1-2H3. The minimum absolute atomic E-state index is 0.124. The molecule has 2 rings (SSSR count). The van der Waals surface area contributed by atoms with Crippen LogP contribution in [0.2, 0.25) is 0 Å². The molecule has 0 N–H and O–H groups in total. The van der Waals surface area contributed by atoms with Gasteiger partial charge in [0.1, 0.15) is 0 Å². The lowest BCUT2D eigenvalue weighted by molar-refractivity contribution is -0.146. The quantitative estimate of drug-likeness (QED) is 0.746. The zero-order valence-electron chi connectivity index (χ0n) is 12.9. The maximum Gasteiger partial charge on any atom is 0.308 e. The predicted molar refractivity (Wildman–Crippen MR) is 88.2 cm³/mol. The molecule has 0 saturated carbocycles. The Kier molecular flexibility index (Phi) is 5.82. The second-order valence-electron chi connectivity index (χ2n) is 5.78. The molecule has 0 amide bonds. The molecule has 0 radical (unpaired) electrons. The van der Waals surface area contributed by atoms with Crippen molar-refractivity contribution < 1.29 is 9.53 Å². The first-order valence-electron chi connectivity index (χ1n) is 7.73. The summed E-state index contributed by atoms with van der Waals surface area (Å²) in [6.45, 7) is 6.53. The van der Waals surface area contributed by atoms with Crippen LogP contribution in [-0.2, 0) is 15.1 Å². The van der Waals surface area contributed by atoms with Gasteiger partial charge in [0.25, 0.3) is 0 Å². The highest BCUT2D eigenvalue weighted by molar-refractivity contribution is 9.10. The highest BCUT2D eigenvalue weighted by Crippen LogP contribution is 2.38. The number of carbonyl (C=O) groups excluding carboxylic acids is 1. The van der Waals surface area contributed by atoms with Gasteiger partial charge in [0, 0.05) is 4.47 Å². The maximum absolute atomic E-state index is 12.1. The SMILES string of the molecule is CCOC(=O)CC(C)(c1ccccc1Br)N1CCCCC1. The number of hydrogen-bond acceptors (Lipinski definition) is 3. The topological polar surface area (TPSA) is 29.5 Å². The van der Waals surface area contributed by atoms with E-state index in [0.717, 1.165) is 17.6 Å². The van der Waals surface area contributed by atoms with E-state index >= 15 is 0 Å². The van der Waals surface area contributed by atoms with E-state index in [2.05, 4.69) is 33.8 Å². The van der Waals surface area contributed by atoms with Crippen molar-refractivity contribution in [3.8, 4) is 0 Å². The van der Waals surface area contributed by atoms with Gasteiger partial charge in [-0.25, -0.2) is 0 Å². The lowest BCUT2D eigenvalue weighted by Gasteiger charge is -2.43. The van der Waals surface area contributed by atoms with Crippen molar-refractivity contribution in [2.45, 2.75) is 45.1 Å². The lowest BCUT2D eigenvalue weighted by Crippen LogP contribution is -2.48. The monoisotopic (exact) mass is 353 g/mol. The summed E-state index contributed by atoms with van der Waals surface area (Å²) in [4.78, 5) is 14.6. The molecule has 116 valence electrons. The van der Waals surface area contributed by atoms with Crippen LogP contribution in [0.5, 0.6) is 0 Å². The summed E-state index contributed by atoms with van der Waals surface area (Å²) in [5.41, 5.74) is 0.854. The van der Waals surface area contributed by atoms with Gasteiger partial charge in [-0.15, -0.1) is 0 Å². The van der Waals surface area contributed by atoms with Gasteiger partial charge in [-0.1, -0.05) is 40.5 Å². The second kappa shape index (κ2) is 7.41. The Labute approximate surface area is 135 Å². The summed E-state index contributed by atoms with van der Waals surface area (Å²) in [5, 5.41) is 0. The van der Waals surface area contributed by atoms with Gasteiger partial charge in [-0.05, 0) is 51.4 Å². The van der Waals surface area contributed by atoms with Gasteiger partial charge in [-0.2, -0.15) is 0 Å². The molecule has 1 aliphatic heterocycles. The number of likely N-dealkylation sites (tertiary alicyclic amines) is 1. The second-order valence-corrected chi connectivity index (χ2v) is 6.64. The third kappa shape index (κ3) is 3.86. The lowest BCUT2D eigenvalue weighted by atomic mass is 9.85. The van der Waals surface area contributed by atoms with E-state index in [1.54, 1.807) is 0 Å². The van der Waals surface area contributed by atoms with Crippen LogP contribution in [0.3, 0.4) is 0 Å². The molecule has 4 heteroatoms. The number of benzene rings is 1. The summed E-state index contributed by atoms with van der Waals surface area (Å²) in [7, 11) is 0. The average molecular weight is 354 g/mol. The van der Waals surface area contributed by atoms with E-state index in [4.69, 9.17) is 4.74 Å². The van der Waals surface area contributed by atoms with Crippen LogP contribution in [0, 0.1) is 0 Å². The van der Waals surface area contributed by atoms with Crippen LogP contribution < -0.4 is 0 Å². The van der Waals surface area contributed by atoms with Crippen LogP contribution in [0.1, 0.15) is 45.1 Å². The Hall–Kier alpha value is -0.870. The minimum atomic E-state index is -0.313. The summed E-state index contributed by atoms with van der Waals surface area (Å²) in [6, 6.07) is 8.20. The number of carbonyl (C=O) groups is 1. The van der Waals surface area contributed by atoms with Crippen molar-refractivity contribution in [1.82, 2.24) is 4.90 Å². The third-order valence-corrected chi connectivity index (χ3v) is 4.99. The smallest absolute Gasteiger partial charge is 0.308 e. The van der Waals surface area contributed by atoms with Crippen molar-refractivity contribution in [1.29, 1.82) is 0 Å². The highest BCUT2D eigenvalue weighted by Gasteiger charge is 2.38. The van der Waals surface area contributed by atoms with Gasteiger partial charge >= 0.3 is 5.97 Å². The zero-order valence-corrected chi connectivity index (χ0v) is 14.5. The predicted octanol–water partition coefficient (Wildman–Crippen LogP) is 4.10. The molecule has 1 atom stereocenters. The van der Waals surface area contributed by atoms with Crippen LogP contribution in [0.15, 0.2) is 28.7 Å². The number of nitrogens with zero attached hydrogens (tertiary/aromatic N) is 1. The van der Waals surface area contributed by atoms with E-state index in [0.29, 0.717) is 13.0 Å². The third-order valence-electron chi connectivity index (χ3n) is 4.30. The first kappa shape index (κ1) is 16.5. The number of piperidine rings is 1. The summed E-state index contributed by atoms with van der Waals surface area (Å²) < 4.78 is 6.27. The largest absolute Gasteiger partial charge is 0.466 e. The normalized spacial score (nSPS) is 19.0. The van der Waals surface area contributed by atoms with Gasteiger partial charge in [0.05, 0.1) is 18.6 Å². The fraction of sp³-hybridized carbons (Fsp3) is 0.588. The molecule has 1 heterocycles. The molecule has 3 nitrogen and oxygen atoms in total. The number of ether oxygens (including phenoxy) is 1. The van der Waals surface area contributed by atoms with E-state index in [1.807, 2.05) is 25.1 Å². The van der Waals surface area contributed by atoms with Crippen molar-refractivity contribution in [3.05, 3.63) is 34.3 Å². The van der Waals surface area contributed by atoms with Gasteiger partial charge in [-0.3, -0.25) is 9.69 Å². The molecule has 0 spiro atoms. The molecule has 1 aromatic carbocycles. The molecular formula is C17H24BrNO2. The zero-order chi connectivity index (χ0) is 15.3. The fourth-order valence-electron chi connectivity index (χ4n) is 3.16. The summed E-state index contributed by atoms with van der Waals surface area (Å²) in [5.74, 6) is -0.124. The van der Waals surface area contributed by atoms with Crippen molar-refractivity contribution in [3.63, 3.8) is 0 Å². The first-order valence-corrected chi connectivity index (χ1v) is 8.53. The van der Waals surface area contributed by atoms with Crippen LogP contribution in [-0.4, -0.2) is 30.6 Å². The Morgan fingerprint density at radius 2 is 1.95 bits per heavy atom. The van der Waals surface area contributed by atoms with Crippen molar-refractivity contribution in [2.75, 3.05) is 19.7 Å². The molecule has 21 heavy (non-hydrogen) atoms. The van der Waals surface area contributed by atoms with Crippen LogP contribution >= 0.6 is 15.9 Å². The molecule has 1 fully saturated rings. The maximum atomic E-state index is 12.1. The molecule has 0 aliphatic carbocycles. The fourth-order valence-corrected chi connectivity index (χ4v) is 3.87. The average Bonchev–Trinajstić information content (AvgIpc) is 2.48. The number of rotatable bonds is 5. The summed E-state index contributed by atoms with van der Waals surface area (Å²) in [6.07, 6.45) is 4.07. The Morgan fingerprint density at radius 1 is 1.29 bits per heavy atom. The van der Waals surface area contributed by atoms with Crippen molar-refractivity contribution >= 4 is 21.9 Å². The first-order chi connectivity index (χ1) is 10.1. The number of esters is 1. The van der Waals surface area contributed by atoms with Gasteiger partial charge < -0.3 is 4.74 Å². The van der Waals surface area contributed by atoms with Gasteiger partial charge in [0.15, 0.2) is 0 Å². The van der Waals surface area contributed by atoms with E-state index < -0.39 is 0 Å². The molecule has 0 bridgehead atoms. The van der Waals surface area contributed by atoms with E-state index in [-0.39, 0.29) is 11.5 Å². The van der Waals surface area contributed by atoms with Crippen LogP contribution in [0.25, 0.3) is 0 Å². The Balaban J connectivity index is 2.33. The van der Waals surface area contributed by atoms with E-state index in [1.165, 1.54) is 24.8 Å². The molecule has 1 saturated heterocycles. The Morgan fingerprint density at radius 3 is 2.57 bits per heavy atom. The summed E-state index contributed by atoms with van der Waals surface area (Å²) >= 11 is 3.65. The van der Waals surface area contributed by atoms with E-state index in [9.17, 15) is 4.79 Å². The molecule has 1 aliphatic rings. The molecule has 1 unspecified atom stereocenters. The number of halogens is 1. The molecule has 1 aromatic rings. The van der Waals surface area contributed by atoms with Crippen LogP contribution in [0.4, 0.5) is 0 Å². The molecule has 0 aromatic heterocycles. The number of hydrogen-bond donors (Lipinski definition) is 0. The van der Waals surface area contributed by atoms with Crippen molar-refractivity contribution in [2.24, 2.45) is 0 Å².